The van der Waals surface area contributed by atoms with Crippen LogP contribution in [0.2, 0.25) is 0 Å². The predicted molar refractivity (Wildman–Crippen MR) is 88.4 cm³/mol. The van der Waals surface area contributed by atoms with E-state index in [1.165, 1.54) is 25.5 Å². The van der Waals surface area contributed by atoms with Crippen molar-refractivity contribution in [1.82, 2.24) is 5.32 Å². The number of benzene rings is 1. The van der Waals surface area contributed by atoms with Gasteiger partial charge >= 0.3 is 5.97 Å². The van der Waals surface area contributed by atoms with E-state index in [1.54, 1.807) is 0 Å². The fraction of sp³-hybridized carbons (Fsp3) is 0.533. The first-order valence-corrected chi connectivity index (χ1v) is 8.59. The van der Waals surface area contributed by atoms with Crippen molar-refractivity contribution in [1.29, 1.82) is 0 Å². The zero-order chi connectivity index (χ0) is 15.2. The molecule has 6 heteroatoms. The highest BCUT2D eigenvalue weighted by Crippen LogP contribution is 2.35. The highest BCUT2D eigenvalue weighted by molar-refractivity contribution is 9.11. The van der Waals surface area contributed by atoms with Crippen LogP contribution in [0.4, 0.5) is 0 Å². The molecule has 1 aromatic rings. The summed E-state index contributed by atoms with van der Waals surface area (Å²) in [5.74, 6) is 0.563. The van der Waals surface area contributed by atoms with Crippen molar-refractivity contribution in [2.24, 2.45) is 0 Å². The smallest absolute Gasteiger partial charge is 0.305 e. The summed E-state index contributed by atoms with van der Waals surface area (Å²) in [6.45, 7) is 1.34. The number of carbonyl (C=O) groups is 1. The maximum Gasteiger partial charge on any atom is 0.305 e. The van der Waals surface area contributed by atoms with Crippen molar-refractivity contribution < 1.29 is 14.3 Å². The molecule has 0 radical (unpaired) electrons. The van der Waals surface area contributed by atoms with Gasteiger partial charge in [-0.2, -0.15) is 0 Å². The molecule has 0 aliphatic heterocycles. The number of hydrogen-bond acceptors (Lipinski definition) is 4. The Labute approximate surface area is 141 Å². The molecule has 0 bridgehead atoms. The van der Waals surface area contributed by atoms with Crippen LogP contribution < -0.4 is 10.1 Å². The lowest BCUT2D eigenvalue weighted by Crippen LogP contribution is -2.15. The van der Waals surface area contributed by atoms with E-state index >= 15 is 0 Å². The van der Waals surface area contributed by atoms with E-state index in [9.17, 15) is 4.79 Å². The van der Waals surface area contributed by atoms with Crippen LogP contribution in [-0.2, 0) is 16.1 Å². The van der Waals surface area contributed by atoms with Crippen molar-refractivity contribution in [2.45, 2.75) is 38.3 Å². The fourth-order valence-electron chi connectivity index (χ4n) is 1.89. The molecule has 0 unspecified atom stereocenters. The van der Waals surface area contributed by atoms with Gasteiger partial charge in [0.25, 0.3) is 0 Å². The number of hydrogen-bond donors (Lipinski definition) is 1. The average molecular weight is 421 g/mol. The summed E-state index contributed by atoms with van der Waals surface area (Å²) in [6.07, 6.45) is 3.57. The van der Waals surface area contributed by atoms with Gasteiger partial charge in [-0.05, 0) is 68.8 Å². The van der Waals surface area contributed by atoms with Gasteiger partial charge in [0.1, 0.15) is 5.75 Å². The Morgan fingerprint density at radius 1 is 1.33 bits per heavy atom. The molecule has 1 saturated carbocycles. The lowest BCUT2D eigenvalue weighted by molar-refractivity contribution is -0.140. The third-order valence-electron chi connectivity index (χ3n) is 3.23. The zero-order valence-electron chi connectivity index (χ0n) is 12.0. The van der Waals surface area contributed by atoms with Gasteiger partial charge in [-0.15, -0.1) is 0 Å². The average Bonchev–Trinajstić information content (AvgIpc) is 3.27. The molecule has 0 spiro atoms. The monoisotopic (exact) mass is 419 g/mol. The summed E-state index contributed by atoms with van der Waals surface area (Å²) in [5.41, 5.74) is 1.21. The van der Waals surface area contributed by atoms with Crippen LogP contribution in [0.5, 0.6) is 5.75 Å². The van der Waals surface area contributed by atoms with E-state index in [0.29, 0.717) is 25.5 Å². The highest BCUT2D eigenvalue weighted by atomic mass is 79.9. The predicted octanol–water partition coefficient (Wildman–Crippen LogP) is 3.80. The van der Waals surface area contributed by atoms with Gasteiger partial charge in [0.05, 0.1) is 22.7 Å². The summed E-state index contributed by atoms with van der Waals surface area (Å²) in [4.78, 5) is 11.0. The number of nitrogens with one attached hydrogen (secondary N) is 1. The second-order valence-corrected chi connectivity index (χ2v) is 6.78. The van der Waals surface area contributed by atoms with Gasteiger partial charge in [-0.25, -0.2) is 0 Å². The molecule has 1 aromatic carbocycles. The van der Waals surface area contributed by atoms with E-state index in [2.05, 4.69) is 54.0 Å². The Morgan fingerprint density at radius 2 is 2.00 bits per heavy atom. The van der Waals surface area contributed by atoms with E-state index in [0.717, 1.165) is 21.2 Å². The third-order valence-corrected chi connectivity index (χ3v) is 4.41. The van der Waals surface area contributed by atoms with Crippen LogP contribution in [0.3, 0.4) is 0 Å². The lowest BCUT2D eigenvalue weighted by atomic mass is 10.2. The second kappa shape index (κ2) is 8.15. The molecule has 1 aliphatic carbocycles. The summed E-state index contributed by atoms with van der Waals surface area (Å²) in [5, 5.41) is 3.48. The molecular formula is C15H19Br2NO3. The first-order chi connectivity index (χ1) is 10.1. The van der Waals surface area contributed by atoms with Crippen molar-refractivity contribution >= 4 is 37.8 Å². The van der Waals surface area contributed by atoms with Crippen LogP contribution >= 0.6 is 31.9 Å². The molecule has 1 N–H and O–H groups in total. The number of methoxy groups -OCH3 is 1. The Balaban J connectivity index is 1.85. The van der Waals surface area contributed by atoms with Crippen LogP contribution in [0, 0.1) is 0 Å². The third kappa shape index (κ3) is 5.60. The molecular weight excluding hydrogens is 402 g/mol. The second-order valence-electron chi connectivity index (χ2n) is 5.07. The van der Waals surface area contributed by atoms with Crippen molar-refractivity contribution in [3.63, 3.8) is 0 Å². The minimum Gasteiger partial charge on any atom is -0.491 e. The normalized spacial score (nSPS) is 14.0. The summed E-state index contributed by atoms with van der Waals surface area (Å²) in [7, 11) is 1.39. The summed E-state index contributed by atoms with van der Waals surface area (Å²) < 4.78 is 12.2. The maximum atomic E-state index is 11.0. The quantitative estimate of drug-likeness (QED) is 0.513. The highest BCUT2D eigenvalue weighted by Gasteiger charge is 2.20. The number of rotatable bonds is 8. The molecule has 1 aliphatic rings. The first-order valence-electron chi connectivity index (χ1n) is 7.01. The Morgan fingerprint density at radius 3 is 2.57 bits per heavy atom. The summed E-state index contributed by atoms with van der Waals surface area (Å²) >= 11 is 7.08. The van der Waals surface area contributed by atoms with E-state index in [1.807, 2.05) is 0 Å². The Kier molecular flexibility index (Phi) is 6.51. The van der Waals surface area contributed by atoms with Gasteiger partial charge in [-0.3, -0.25) is 4.79 Å². The lowest BCUT2D eigenvalue weighted by Gasteiger charge is -2.12. The van der Waals surface area contributed by atoms with Gasteiger partial charge in [0, 0.05) is 19.0 Å². The van der Waals surface area contributed by atoms with Crippen molar-refractivity contribution in [2.75, 3.05) is 13.7 Å². The number of esters is 1. The molecule has 4 nitrogen and oxygen atoms in total. The minimum absolute atomic E-state index is 0.210. The topological polar surface area (TPSA) is 47.6 Å². The zero-order valence-corrected chi connectivity index (χ0v) is 15.1. The van der Waals surface area contributed by atoms with Gasteiger partial charge in [0.15, 0.2) is 0 Å². The minimum atomic E-state index is -0.210. The van der Waals surface area contributed by atoms with E-state index in [4.69, 9.17) is 4.74 Å². The molecule has 2 rings (SSSR count). The first kappa shape index (κ1) is 16.8. The molecule has 0 atom stereocenters. The summed E-state index contributed by atoms with van der Waals surface area (Å²) in [6, 6.07) is 4.82. The largest absolute Gasteiger partial charge is 0.491 e. The standard InChI is InChI=1S/C15H19Br2NO3/c1-20-14(19)3-2-6-21-15-12(16)7-10(8-13(15)17)9-18-11-4-5-11/h7-8,11,18H,2-6,9H2,1H3. The van der Waals surface area contributed by atoms with Crippen LogP contribution in [0.1, 0.15) is 31.2 Å². The molecule has 0 saturated heterocycles. The van der Waals surface area contributed by atoms with Gasteiger partial charge in [0.2, 0.25) is 0 Å². The van der Waals surface area contributed by atoms with Gasteiger partial charge < -0.3 is 14.8 Å². The molecule has 1 fully saturated rings. The molecule has 0 heterocycles. The number of ether oxygens (including phenoxy) is 2. The molecule has 0 amide bonds. The molecule has 0 aromatic heterocycles. The van der Waals surface area contributed by atoms with Gasteiger partial charge in [-0.1, -0.05) is 0 Å². The van der Waals surface area contributed by atoms with E-state index in [-0.39, 0.29) is 5.97 Å². The van der Waals surface area contributed by atoms with Crippen LogP contribution in [0.25, 0.3) is 0 Å². The van der Waals surface area contributed by atoms with Crippen LogP contribution in [-0.4, -0.2) is 25.7 Å². The SMILES string of the molecule is COC(=O)CCCOc1c(Br)cc(CNC2CC2)cc1Br. The van der Waals surface area contributed by atoms with E-state index < -0.39 is 0 Å². The molecule has 116 valence electrons. The molecule has 21 heavy (non-hydrogen) atoms. The fourth-order valence-corrected chi connectivity index (χ4v) is 3.40. The number of halogens is 2. The van der Waals surface area contributed by atoms with Crippen molar-refractivity contribution in [3.8, 4) is 5.75 Å². The Hall–Kier alpha value is -0.590. The maximum absolute atomic E-state index is 11.0. The Bertz CT molecular complexity index is 481. The van der Waals surface area contributed by atoms with Crippen LogP contribution in [0.15, 0.2) is 21.1 Å². The van der Waals surface area contributed by atoms with Crippen molar-refractivity contribution in [3.05, 3.63) is 26.6 Å². The number of carbonyl (C=O) groups excluding carboxylic acids is 1.